The van der Waals surface area contributed by atoms with Crippen LogP contribution < -0.4 is 0 Å². The molecule has 0 radical (unpaired) electrons. The van der Waals surface area contributed by atoms with Crippen LogP contribution in [0.4, 0.5) is 0 Å². The fourth-order valence-electron chi connectivity index (χ4n) is 1.48. The first-order valence-corrected chi connectivity index (χ1v) is 13.9. The summed E-state index contributed by atoms with van der Waals surface area (Å²) >= 11 is -3.00. The van der Waals surface area contributed by atoms with Crippen LogP contribution in [0.25, 0.3) is 0 Å². The third kappa shape index (κ3) is 2.68. The Morgan fingerprint density at radius 3 is 2.29 bits per heavy atom. The molecule has 14 heavy (non-hydrogen) atoms. The zero-order valence-corrected chi connectivity index (χ0v) is 13.1. The predicted molar refractivity (Wildman–Crippen MR) is 63.9 cm³/mol. The topological polar surface area (TPSA) is 0 Å². The van der Waals surface area contributed by atoms with E-state index in [1.807, 2.05) is 0 Å². The van der Waals surface area contributed by atoms with E-state index < -0.39 is 17.4 Å². The first-order valence-electron chi connectivity index (χ1n) is 4.94. The zero-order chi connectivity index (χ0) is 10.9. The molecule has 0 aliphatic heterocycles. The average Bonchev–Trinajstić information content (AvgIpc) is 2.51. The Kier molecular flexibility index (Phi) is 4.39. The van der Waals surface area contributed by atoms with Gasteiger partial charge >= 0.3 is 98.7 Å². The Morgan fingerprint density at radius 1 is 1.36 bits per heavy atom. The summed E-state index contributed by atoms with van der Waals surface area (Å²) in [7, 11) is 13.0. The summed E-state index contributed by atoms with van der Waals surface area (Å²) < 4.78 is 1.58. The third-order valence-electron chi connectivity index (χ3n) is 2.62. The van der Waals surface area contributed by atoms with E-state index in [0.717, 1.165) is 0 Å². The number of hydrogen-bond acceptors (Lipinski definition) is 0. The van der Waals surface area contributed by atoms with Crippen molar-refractivity contribution in [2.45, 2.75) is 31.3 Å². The Hall–Kier alpha value is 0.813. The summed E-state index contributed by atoms with van der Waals surface area (Å²) in [4.78, 5) is 0. The van der Waals surface area contributed by atoms with Gasteiger partial charge in [-0.25, -0.2) is 0 Å². The van der Waals surface area contributed by atoms with E-state index in [-0.39, 0.29) is 0 Å². The molecule has 3 heteroatoms. The number of rotatable bonds is 2. The maximum atomic E-state index is 6.49. The molecule has 0 saturated heterocycles. The van der Waals surface area contributed by atoms with Crippen molar-refractivity contribution in [2.75, 3.05) is 0 Å². The van der Waals surface area contributed by atoms with Crippen LogP contribution in [0.15, 0.2) is 23.8 Å². The molecule has 1 unspecified atom stereocenters. The Morgan fingerprint density at radius 2 is 1.93 bits per heavy atom. The van der Waals surface area contributed by atoms with Crippen molar-refractivity contribution >= 4 is 20.2 Å². The Labute approximate surface area is 98.0 Å². The monoisotopic (exact) mass is 309 g/mol. The number of allylic oxidation sites excluding steroid dienone is 4. The van der Waals surface area contributed by atoms with Crippen LogP contribution in [0, 0.1) is 5.92 Å². The van der Waals surface area contributed by atoms with Crippen molar-refractivity contribution in [3.8, 4) is 0 Å². The molecule has 1 atom stereocenters. The van der Waals surface area contributed by atoms with Gasteiger partial charge in [0.05, 0.1) is 0 Å². The molecule has 0 aromatic rings. The molecule has 0 bridgehead atoms. The summed E-state index contributed by atoms with van der Waals surface area (Å²) in [6.07, 6.45) is 6.61. The molecule has 1 aliphatic carbocycles. The Bertz CT molecular complexity index is 327. The van der Waals surface area contributed by atoms with E-state index in [1.54, 1.807) is 0 Å². The minimum atomic E-state index is -3.00. The second-order valence-corrected chi connectivity index (χ2v) is 19.7. The molecule has 0 fully saturated rings. The van der Waals surface area contributed by atoms with Crippen LogP contribution in [-0.4, -0.2) is 3.21 Å². The molecule has 0 saturated carbocycles. The molecule has 0 N–H and O–H groups in total. The Balaban J connectivity index is 2.99. The van der Waals surface area contributed by atoms with Crippen molar-refractivity contribution in [3.05, 3.63) is 23.8 Å². The summed E-state index contributed by atoms with van der Waals surface area (Å²) in [5.41, 5.74) is 1.37. The zero-order valence-electron chi connectivity index (χ0n) is 9.14. The van der Waals surface area contributed by atoms with E-state index in [4.69, 9.17) is 17.0 Å². The fraction of sp³-hybridized carbons (Fsp3) is 0.545. The van der Waals surface area contributed by atoms with Gasteiger partial charge < -0.3 is 0 Å². The van der Waals surface area contributed by atoms with Gasteiger partial charge in [0.15, 0.2) is 0 Å². The molecule has 79 valence electrons. The van der Waals surface area contributed by atoms with Crippen molar-refractivity contribution in [2.24, 2.45) is 5.92 Å². The minimum absolute atomic E-state index is 0.329. The molecule has 1 aliphatic rings. The standard InChI is InChI=1S/C8H11.C3H6.2ClH.Zr/c1-7(2)8-5-3-4-6-8;1-3-2;;;/h3-7H,1-2H3;1-2H3;2*1H;/q;;;;+2/p-2. The van der Waals surface area contributed by atoms with E-state index in [2.05, 4.69) is 45.9 Å². The molecule has 0 aromatic heterocycles. The van der Waals surface area contributed by atoms with Crippen molar-refractivity contribution in [1.82, 2.24) is 0 Å². The molecule has 0 aromatic carbocycles. The van der Waals surface area contributed by atoms with Gasteiger partial charge in [-0.3, -0.25) is 0 Å². The van der Waals surface area contributed by atoms with Crippen molar-refractivity contribution in [3.63, 3.8) is 0 Å². The number of halogens is 2. The van der Waals surface area contributed by atoms with Gasteiger partial charge in [-0.1, -0.05) is 0 Å². The van der Waals surface area contributed by atoms with E-state index in [1.165, 1.54) is 8.78 Å². The molecule has 0 nitrogen and oxygen atoms in total. The van der Waals surface area contributed by atoms with Crippen LogP contribution in [0.2, 0.25) is 3.63 Å². The summed E-state index contributed by atoms with van der Waals surface area (Å²) in [6, 6.07) is 0. The van der Waals surface area contributed by atoms with Gasteiger partial charge in [0.1, 0.15) is 0 Å². The maximum absolute atomic E-state index is 6.49. The van der Waals surface area contributed by atoms with Crippen LogP contribution in [-0.2, 0) is 17.4 Å². The second-order valence-electron chi connectivity index (χ2n) is 4.33. The summed E-state index contributed by atoms with van der Waals surface area (Å²) in [6.45, 7) is 8.51. The first-order chi connectivity index (χ1) is 6.35. The normalized spacial score (nSPS) is 21.6. The average molecular weight is 311 g/mol. The van der Waals surface area contributed by atoms with Gasteiger partial charge in [0.2, 0.25) is 0 Å². The van der Waals surface area contributed by atoms with Crippen molar-refractivity contribution < 1.29 is 17.4 Å². The van der Waals surface area contributed by atoms with E-state index in [0.29, 0.717) is 9.54 Å². The second kappa shape index (κ2) is 4.77. The molecule has 0 amide bonds. The molecule has 0 heterocycles. The van der Waals surface area contributed by atoms with Gasteiger partial charge in [-0.05, 0) is 0 Å². The quantitative estimate of drug-likeness (QED) is 0.699. The van der Waals surface area contributed by atoms with Gasteiger partial charge in [-0.15, -0.1) is 0 Å². The summed E-state index contributed by atoms with van der Waals surface area (Å²) in [5, 5.41) is 0. The van der Waals surface area contributed by atoms with Gasteiger partial charge in [-0.2, -0.15) is 0 Å². The van der Waals surface area contributed by atoms with Gasteiger partial charge in [0, 0.05) is 0 Å². The van der Waals surface area contributed by atoms with Gasteiger partial charge in [0.25, 0.3) is 0 Å². The van der Waals surface area contributed by atoms with E-state index in [9.17, 15) is 0 Å². The molecular formula is C11H17Cl2Zr. The summed E-state index contributed by atoms with van der Waals surface area (Å²) in [5.74, 6) is 0.573. The number of hydrogen-bond donors (Lipinski definition) is 0. The van der Waals surface area contributed by atoms with Crippen molar-refractivity contribution in [1.29, 1.82) is 0 Å². The predicted octanol–water partition coefficient (Wildman–Crippen LogP) is 4.60. The molecule has 0 spiro atoms. The van der Waals surface area contributed by atoms with Crippen LogP contribution in [0.5, 0.6) is 0 Å². The molecule has 1 rings (SSSR count). The third-order valence-corrected chi connectivity index (χ3v) is 16.3. The van der Waals surface area contributed by atoms with E-state index >= 15 is 0 Å². The fourth-order valence-corrected chi connectivity index (χ4v) is 6.54. The SMILES string of the molecule is C[C](C)=[Zr]([Cl])([Cl])[CH]1C=CC(C(C)C)=C1. The van der Waals surface area contributed by atoms with Crippen LogP contribution in [0.3, 0.4) is 0 Å². The van der Waals surface area contributed by atoms with Crippen LogP contribution >= 0.6 is 17.0 Å². The molecular weight excluding hydrogens is 294 g/mol. The first kappa shape index (κ1) is 12.9. The van der Waals surface area contributed by atoms with Crippen LogP contribution in [0.1, 0.15) is 27.7 Å².